The van der Waals surface area contributed by atoms with Crippen LogP contribution in [0, 0.1) is 11.3 Å². The van der Waals surface area contributed by atoms with Crippen molar-refractivity contribution in [1.82, 2.24) is 0 Å². The number of carbonyl (C=O) groups is 1. The zero-order valence-electron chi connectivity index (χ0n) is 9.89. The van der Waals surface area contributed by atoms with Gasteiger partial charge in [-0.15, -0.1) is 0 Å². The van der Waals surface area contributed by atoms with Crippen molar-refractivity contribution >= 4 is 5.97 Å². The number of carbonyl (C=O) groups excluding carboxylic acids is 1. The summed E-state index contributed by atoms with van der Waals surface area (Å²) < 4.78 is 14.7. The summed E-state index contributed by atoms with van der Waals surface area (Å²) in [4.78, 5) is 11.5. The number of esters is 1. The van der Waals surface area contributed by atoms with Gasteiger partial charge in [0.15, 0.2) is 5.92 Å². The highest BCUT2D eigenvalue weighted by molar-refractivity contribution is 5.82. The monoisotopic (exact) mass is 235 g/mol. The quantitative estimate of drug-likeness (QED) is 0.739. The van der Waals surface area contributed by atoms with Crippen LogP contribution < -0.4 is 9.47 Å². The number of methoxy groups -OCH3 is 3. The molecule has 90 valence electrons. The van der Waals surface area contributed by atoms with Crippen molar-refractivity contribution in [2.75, 3.05) is 21.3 Å². The van der Waals surface area contributed by atoms with Crippen LogP contribution in [-0.2, 0) is 9.53 Å². The number of nitrogens with zero attached hydrogens (tertiary/aromatic N) is 1. The lowest BCUT2D eigenvalue weighted by atomic mass is 9.99. The summed E-state index contributed by atoms with van der Waals surface area (Å²) in [5.41, 5.74) is 0.432. The lowest BCUT2D eigenvalue weighted by molar-refractivity contribution is -0.141. The molecule has 0 aliphatic heterocycles. The van der Waals surface area contributed by atoms with Crippen LogP contribution in [0.5, 0.6) is 11.5 Å². The molecule has 5 heteroatoms. The van der Waals surface area contributed by atoms with Gasteiger partial charge in [0.25, 0.3) is 0 Å². The van der Waals surface area contributed by atoms with Crippen LogP contribution in [0.4, 0.5) is 0 Å². The second kappa shape index (κ2) is 5.75. The molecule has 0 aliphatic rings. The minimum absolute atomic E-state index is 0.432. The van der Waals surface area contributed by atoms with E-state index in [1.165, 1.54) is 21.3 Å². The minimum Gasteiger partial charge on any atom is -0.497 e. The third-order valence-corrected chi connectivity index (χ3v) is 2.31. The lowest BCUT2D eigenvalue weighted by Gasteiger charge is -2.13. The van der Waals surface area contributed by atoms with Crippen molar-refractivity contribution in [3.63, 3.8) is 0 Å². The van der Waals surface area contributed by atoms with Crippen molar-refractivity contribution in [3.8, 4) is 17.6 Å². The fraction of sp³-hybridized carbons (Fsp3) is 0.333. The molecule has 1 aromatic rings. The molecule has 0 amide bonds. The normalized spacial score (nSPS) is 11.2. The molecule has 0 bridgehead atoms. The predicted molar refractivity (Wildman–Crippen MR) is 59.9 cm³/mol. The van der Waals surface area contributed by atoms with E-state index < -0.39 is 11.9 Å². The van der Waals surface area contributed by atoms with Gasteiger partial charge in [-0.25, -0.2) is 0 Å². The Balaban J connectivity index is 3.25. The Morgan fingerprint density at radius 3 is 2.47 bits per heavy atom. The van der Waals surface area contributed by atoms with Crippen LogP contribution in [0.2, 0.25) is 0 Å². The molecule has 0 spiro atoms. The van der Waals surface area contributed by atoms with E-state index in [0.29, 0.717) is 17.1 Å². The van der Waals surface area contributed by atoms with E-state index in [9.17, 15) is 4.79 Å². The van der Waals surface area contributed by atoms with E-state index in [0.717, 1.165) is 0 Å². The number of benzene rings is 1. The van der Waals surface area contributed by atoms with E-state index in [2.05, 4.69) is 4.74 Å². The van der Waals surface area contributed by atoms with E-state index in [4.69, 9.17) is 14.7 Å². The van der Waals surface area contributed by atoms with Gasteiger partial charge in [-0.3, -0.25) is 4.79 Å². The van der Waals surface area contributed by atoms with Crippen LogP contribution in [0.15, 0.2) is 18.2 Å². The molecule has 0 N–H and O–H groups in total. The van der Waals surface area contributed by atoms with Crippen molar-refractivity contribution in [2.45, 2.75) is 5.92 Å². The molecule has 17 heavy (non-hydrogen) atoms. The van der Waals surface area contributed by atoms with Gasteiger partial charge in [0.05, 0.1) is 27.4 Å². The van der Waals surface area contributed by atoms with Gasteiger partial charge in [0.1, 0.15) is 11.5 Å². The van der Waals surface area contributed by atoms with Crippen LogP contribution in [0.3, 0.4) is 0 Å². The van der Waals surface area contributed by atoms with Crippen LogP contribution >= 0.6 is 0 Å². The highest BCUT2D eigenvalue weighted by Gasteiger charge is 2.25. The number of ether oxygens (including phenoxy) is 3. The van der Waals surface area contributed by atoms with Crippen LogP contribution in [0.1, 0.15) is 11.5 Å². The van der Waals surface area contributed by atoms with Crippen molar-refractivity contribution < 1.29 is 19.0 Å². The van der Waals surface area contributed by atoms with Crippen molar-refractivity contribution in [1.29, 1.82) is 5.26 Å². The molecule has 0 radical (unpaired) electrons. The van der Waals surface area contributed by atoms with Gasteiger partial charge in [0, 0.05) is 5.56 Å². The van der Waals surface area contributed by atoms with E-state index in [1.54, 1.807) is 18.2 Å². The largest absolute Gasteiger partial charge is 0.497 e. The van der Waals surface area contributed by atoms with Gasteiger partial charge in [-0.1, -0.05) is 0 Å². The lowest BCUT2D eigenvalue weighted by Crippen LogP contribution is -2.13. The third kappa shape index (κ3) is 2.67. The maximum Gasteiger partial charge on any atom is 0.327 e. The van der Waals surface area contributed by atoms with E-state index >= 15 is 0 Å². The Morgan fingerprint density at radius 2 is 2.00 bits per heavy atom. The topological polar surface area (TPSA) is 68.6 Å². The molecule has 0 saturated carbocycles. The first-order valence-corrected chi connectivity index (χ1v) is 4.87. The zero-order valence-corrected chi connectivity index (χ0v) is 9.89. The maximum absolute atomic E-state index is 11.5. The van der Waals surface area contributed by atoms with Crippen LogP contribution in [0.25, 0.3) is 0 Å². The van der Waals surface area contributed by atoms with E-state index in [-0.39, 0.29) is 0 Å². The fourth-order valence-electron chi connectivity index (χ4n) is 1.43. The highest BCUT2D eigenvalue weighted by atomic mass is 16.5. The molecule has 0 aliphatic carbocycles. The zero-order chi connectivity index (χ0) is 12.8. The Hall–Kier alpha value is -2.22. The molecule has 1 atom stereocenters. The van der Waals surface area contributed by atoms with Crippen molar-refractivity contribution in [2.24, 2.45) is 0 Å². The van der Waals surface area contributed by atoms with Gasteiger partial charge >= 0.3 is 5.97 Å². The number of rotatable bonds is 4. The summed E-state index contributed by atoms with van der Waals surface area (Å²) >= 11 is 0. The number of nitriles is 1. The number of hydrogen-bond donors (Lipinski definition) is 0. The first-order chi connectivity index (χ1) is 8.17. The SMILES string of the molecule is COC(=O)C(C#N)c1cc(OC)ccc1OC. The highest BCUT2D eigenvalue weighted by Crippen LogP contribution is 2.30. The summed E-state index contributed by atoms with van der Waals surface area (Å²) in [6.45, 7) is 0. The molecule has 1 unspecified atom stereocenters. The molecular formula is C12H13NO4. The maximum atomic E-state index is 11.5. The van der Waals surface area contributed by atoms with E-state index in [1.807, 2.05) is 6.07 Å². The standard InChI is InChI=1S/C12H13NO4/c1-15-8-4-5-11(16-2)9(6-8)10(7-13)12(14)17-3/h4-6,10H,1-3H3. The Morgan fingerprint density at radius 1 is 1.29 bits per heavy atom. The third-order valence-electron chi connectivity index (χ3n) is 2.31. The minimum atomic E-state index is -1.02. The summed E-state index contributed by atoms with van der Waals surface area (Å²) in [7, 11) is 4.21. The van der Waals surface area contributed by atoms with Crippen molar-refractivity contribution in [3.05, 3.63) is 23.8 Å². The Labute approximate surface area is 99.5 Å². The summed E-state index contributed by atoms with van der Waals surface area (Å²) in [6, 6.07) is 6.80. The first-order valence-electron chi connectivity index (χ1n) is 4.87. The van der Waals surface area contributed by atoms with Crippen LogP contribution in [-0.4, -0.2) is 27.3 Å². The fourth-order valence-corrected chi connectivity index (χ4v) is 1.43. The smallest absolute Gasteiger partial charge is 0.327 e. The first kappa shape index (κ1) is 12.8. The molecule has 1 rings (SSSR count). The average Bonchev–Trinajstić information content (AvgIpc) is 2.39. The average molecular weight is 235 g/mol. The molecular weight excluding hydrogens is 222 g/mol. The van der Waals surface area contributed by atoms with Gasteiger partial charge in [-0.05, 0) is 18.2 Å². The molecule has 0 fully saturated rings. The summed E-state index contributed by atoms with van der Waals surface area (Å²) in [6.07, 6.45) is 0. The number of hydrogen-bond acceptors (Lipinski definition) is 5. The Kier molecular flexibility index (Phi) is 4.35. The van der Waals surface area contributed by atoms with Gasteiger partial charge in [0.2, 0.25) is 0 Å². The molecule has 5 nitrogen and oxygen atoms in total. The molecule has 1 aromatic carbocycles. The Bertz CT molecular complexity index is 450. The molecule has 0 aromatic heterocycles. The molecule has 0 saturated heterocycles. The predicted octanol–water partition coefficient (Wildman–Crippen LogP) is 1.48. The van der Waals surface area contributed by atoms with Gasteiger partial charge < -0.3 is 14.2 Å². The molecule has 0 heterocycles. The summed E-state index contributed by atoms with van der Waals surface area (Å²) in [5, 5.41) is 9.02. The van der Waals surface area contributed by atoms with Gasteiger partial charge in [-0.2, -0.15) is 5.26 Å². The second-order valence-electron chi connectivity index (χ2n) is 3.19. The second-order valence-corrected chi connectivity index (χ2v) is 3.19. The summed E-state index contributed by atoms with van der Waals surface area (Å²) in [5.74, 6) is -0.656.